The first-order valence-corrected chi connectivity index (χ1v) is 4.73. The summed E-state index contributed by atoms with van der Waals surface area (Å²) < 4.78 is 5.65. The van der Waals surface area contributed by atoms with Crippen molar-refractivity contribution in [2.75, 3.05) is 0 Å². The summed E-state index contributed by atoms with van der Waals surface area (Å²) in [6, 6.07) is 2.11. The Labute approximate surface area is 79.2 Å². The van der Waals surface area contributed by atoms with E-state index in [1.165, 1.54) is 5.57 Å². The molecule has 2 fully saturated rings. The molecule has 0 N–H and O–H groups in total. The average molecular weight is 177 g/mol. The summed E-state index contributed by atoms with van der Waals surface area (Å²) in [6.07, 6.45) is 4.01. The standard InChI is InChI=1S/C11H15NO/c1-10(2)6-8(4-5-12)9-11(3,7-10)13-9/h4,9H,6-7H2,1-3H3/b8-4+. The van der Waals surface area contributed by atoms with E-state index in [-0.39, 0.29) is 17.1 Å². The lowest BCUT2D eigenvalue weighted by Gasteiger charge is -2.31. The molecule has 0 aromatic heterocycles. The monoisotopic (exact) mass is 177 g/mol. The lowest BCUT2D eigenvalue weighted by Crippen LogP contribution is -2.29. The fourth-order valence-electron chi connectivity index (χ4n) is 2.71. The van der Waals surface area contributed by atoms with Crippen LogP contribution in [0.15, 0.2) is 11.6 Å². The number of ether oxygens (including phenoxy) is 1. The highest BCUT2D eigenvalue weighted by Gasteiger charge is 2.59. The van der Waals surface area contributed by atoms with Gasteiger partial charge in [-0.25, -0.2) is 0 Å². The minimum absolute atomic E-state index is 0.0322. The van der Waals surface area contributed by atoms with Gasteiger partial charge in [-0.1, -0.05) is 13.8 Å². The quantitative estimate of drug-likeness (QED) is 0.421. The lowest BCUT2D eigenvalue weighted by atomic mass is 9.70. The van der Waals surface area contributed by atoms with Gasteiger partial charge in [-0.05, 0) is 30.8 Å². The van der Waals surface area contributed by atoms with E-state index in [1.54, 1.807) is 6.08 Å². The van der Waals surface area contributed by atoms with Crippen LogP contribution >= 0.6 is 0 Å². The van der Waals surface area contributed by atoms with E-state index in [2.05, 4.69) is 26.8 Å². The Morgan fingerprint density at radius 1 is 1.54 bits per heavy atom. The molecular weight excluding hydrogens is 162 g/mol. The van der Waals surface area contributed by atoms with Crippen molar-refractivity contribution in [1.82, 2.24) is 0 Å². The molecule has 2 nitrogen and oxygen atoms in total. The van der Waals surface area contributed by atoms with E-state index in [0.717, 1.165) is 12.8 Å². The van der Waals surface area contributed by atoms with Crippen LogP contribution in [0.25, 0.3) is 0 Å². The highest BCUT2D eigenvalue weighted by molar-refractivity contribution is 5.31. The molecule has 0 aromatic rings. The molecule has 2 rings (SSSR count). The van der Waals surface area contributed by atoms with Crippen molar-refractivity contribution in [1.29, 1.82) is 5.26 Å². The topological polar surface area (TPSA) is 36.3 Å². The molecular formula is C11H15NO. The van der Waals surface area contributed by atoms with Gasteiger partial charge in [-0.3, -0.25) is 0 Å². The largest absolute Gasteiger partial charge is 0.362 e. The first-order valence-electron chi connectivity index (χ1n) is 4.73. The first kappa shape index (κ1) is 8.77. The molecule has 0 aromatic carbocycles. The molecule has 70 valence electrons. The van der Waals surface area contributed by atoms with Gasteiger partial charge in [-0.15, -0.1) is 0 Å². The Hall–Kier alpha value is -0.810. The number of allylic oxidation sites excluding steroid dienone is 1. The number of epoxide rings is 1. The van der Waals surface area contributed by atoms with Crippen molar-refractivity contribution in [3.63, 3.8) is 0 Å². The zero-order valence-electron chi connectivity index (χ0n) is 8.42. The van der Waals surface area contributed by atoms with Crippen molar-refractivity contribution in [3.8, 4) is 6.07 Å². The average Bonchev–Trinajstić information content (AvgIpc) is 2.58. The number of nitriles is 1. The minimum Gasteiger partial charge on any atom is -0.362 e. The maximum Gasteiger partial charge on any atom is 0.109 e. The smallest absolute Gasteiger partial charge is 0.109 e. The van der Waals surface area contributed by atoms with Gasteiger partial charge >= 0.3 is 0 Å². The third-order valence-corrected chi connectivity index (χ3v) is 2.98. The second-order valence-corrected chi connectivity index (χ2v) is 5.18. The molecule has 2 aliphatic rings. The third kappa shape index (κ3) is 1.38. The minimum atomic E-state index is 0.0322. The second kappa shape index (κ2) is 2.36. The summed E-state index contributed by atoms with van der Waals surface area (Å²) in [6.45, 7) is 6.62. The molecule has 1 aliphatic carbocycles. The van der Waals surface area contributed by atoms with Crippen LogP contribution < -0.4 is 0 Å². The fraction of sp³-hybridized carbons (Fsp3) is 0.727. The number of hydrogen-bond donors (Lipinski definition) is 0. The highest BCUT2D eigenvalue weighted by Crippen LogP contribution is 2.56. The van der Waals surface area contributed by atoms with Crippen molar-refractivity contribution >= 4 is 0 Å². The van der Waals surface area contributed by atoms with Crippen LogP contribution in [0.5, 0.6) is 0 Å². The number of rotatable bonds is 0. The molecule has 2 heteroatoms. The van der Waals surface area contributed by atoms with E-state index in [0.29, 0.717) is 0 Å². The predicted octanol–water partition coefficient (Wildman–Crippen LogP) is 2.41. The molecule has 1 saturated carbocycles. The molecule has 0 bridgehead atoms. The van der Waals surface area contributed by atoms with Gasteiger partial charge in [0.1, 0.15) is 6.10 Å². The van der Waals surface area contributed by atoms with Crippen LogP contribution in [-0.2, 0) is 4.74 Å². The summed E-state index contributed by atoms with van der Waals surface area (Å²) >= 11 is 0. The maximum atomic E-state index is 8.63. The van der Waals surface area contributed by atoms with Gasteiger partial charge in [0.2, 0.25) is 0 Å². The van der Waals surface area contributed by atoms with Crippen LogP contribution in [0.3, 0.4) is 0 Å². The Kier molecular flexibility index (Phi) is 1.59. The Bertz CT molecular complexity index is 308. The van der Waals surface area contributed by atoms with Crippen LogP contribution in [0.4, 0.5) is 0 Å². The SMILES string of the molecule is CC1(C)C/C(=C\C#N)C2OC2(C)C1. The van der Waals surface area contributed by atoms with Crippen molar-refractivity contribution in [2.45, 2.75) is 45.3 Å². The van der Waals surface area contributed by atoms with Gasteiger partial charge in [-0.2, -0.15) is 5.26 Å². The normalized spacial score (nSPS) is 43.8. The molecule has 2 atom stereocenters. The second-order valence-electron chi connectivity index (χ2n) is 5.18. The molecule has 13 heavy (non-hydrogen) atoms. The van der Waals surface area contributed by atoms with Crippen LogP contribution in [-0.4, -0.2) is 11.7 Å². The summed E-state index contributed by atoms with van der Waals surface area (Å²) in [4.78, 5) is 0. The number of fused-ring (bicyclic) bond motifs is 1. The van der Waals surface area contributed by atoms with E-state index < -0.39 is 0 Å². The van der Waals surface area contributed by atoms with Crippen molar-refractivity contribution in [2.24, 2.45) is 5.41 Å². The zero-order valence-corrected chi connectivity index (χ0v) is 8.42. The third-order valence-electron chi connectivity index (χ3n) is 2.98. The zero-order chi connectivity index (χ0) is 9.69. The summed E-state index contributed by atoms with van der Waals surface area (Å²) in [5.74, 6) is 0. The number of nitrogens with zero attached hydrogens (tertiary/aromatic N) is 1. The molecule has 1 saturated heterocycles. The number of hydrogen-bond acceptors (Lipinski definition) is 2. The molecule has 0 radical (unpaired) electrons. The van der Waals surface area contributed by atoms with Crippen LogP contribution in [0.2, 0.25) is 0 Å². The molecule has 1 heterocycles. The van der Waals surface area contributed by atoms with Gasteiger partial charge < -0.3 is 4.74 Å². The highest BCUT2D eigenvalue weighted by atomic mass is 16.6. The molecule has 2 unspecified atom stereocenters. The Morgan fingerprint density at radius 3 is 2.85 bits per heavy atom. The van der Waals surface area contributed by atoms with E-state index in [4.69, 9.17) is 10.00 Å². The predicted molar refractivity (Wildman–Crippen MR) is 50.0 cm³/mol. The van der Waals surface area contributed by atoms with Gasteiger partial charge in [0.15, 0.2) is 0 Å². The van der Waals surface area contributed by atoms with Gasteiger partial charge in [0.05, 0.1) is 11.7 Å². The van der Waals surface area contributed by atoms with Gasteiger partial charge in [0, 0.05) is 6.08 Å². The summed E-state index contributed by atoms with van der Waals surface area (Å²) in [5, 5.41) is 8.63. The summed E-state index contributed by atoms with van der Waals surface area (Å²) in [5.41, 5.74) is 1.50. The summed E-state index contributed by atoms with van der Waals surface area (Å²) in [7, 11) is 0. The van der Waals surface area contributed by atoms with Crippen molar-refractivity contribution < 1.29 is 4.74 Å². The molecule has 0 spiro atoms. The van der Waals surface area contributed by atoms with E-state index in [1.807, 2.05) is 0 Å². The van der Waals surface area contributed by atoms with Crippen molar-refractivity contribution in [3.05, 3.63) is 11.6 Å². The van der Waals surface area contributed by atoms with E-state index >= 15 is 0 Å². The lowest BCUT2D eigenvalue weighted by molar-refractivity contribution is 0.219. The van der Waals surface area contributed by atoms with Crippen LogP contribution in [0.1, 0.15) is 33.6 Å². The Balaban J connectivity index is 2.26. The van der Waals surface area contributed by atoms with Gasteiger partial charge in [0.25, 0.3) is 0 Å². The fourth-order valence-corrected chi connectivity index (χ4v) is 2.71. The Morgan fingerprint density at radius 2 is 2.23 bits per heavy atom. The maximum absolute atomic E-state index is 8.63. The molecule has 1 aliphatic heterocycles. The first-order chi connectivity index (χ1) is 5.97. The van der Waals surface area contributed by atoms with E-state index in [9.17, 15) is 0 Å². The molecule has 0 amide bonds. The van der Waals surface area contributed by atoms with Crippen LogP contribution in [0, 0.1) is 16.7 Å².